The van der Waals surface area contributed by atoms with E-state index in [1.165, 1.54) is 12.0 Å². The number of ether oxygens (including phenoxy) is 3. The fourth-order valence-electron chi connectivity index (χ4n) is 5.50. The number of para-hydroxylation sites is 2. The minimum atomic E-state index is -0.752. The molecule has 0 saturated carbocycles. The Morgan fingerprint density at radius 3 is 2.14 bits per heavy atom. The average molecular weight is 564 g/mol. The Morgan fingerprint density at radius 2 is 1.45 bits per heavy atom. The standard InChI is InChI=1S/C35H33NO6/c1-35(2,3)42-34(38)36-21-26(20-30(36)33(37)39-4)40-25-18-16-23(17-19-25)22-12-14-24(15-13-22)27-9-7-10-29-28-8-5-6-11-31(28)41-32(27)29/h5-19,26,30H,20-21H2,1-4H3. The van der Waals surface area contributed by atoms with Gasteiger partial charge >= 0.3 is 12.1 Å². The van der Waals surface area contributed by atoms with Crippen molar-refractivity contribution in [1.82, 2.24) is 4.90 Å². The molecule has 1 aromatic heterocycles. The minimum absolute atomic E-state index is 0.232. The summed E-state index contributed by atoms with van der Waals surface area (Å²) in [6.45, 7) is 5.60. The average Bonchev–Trinajstić information content (AvgIpc) is 3.58. The second-order valence-corrected chi connectivity index (χ2v) is 11.5. The van der Waals surface area contributed by atoms with E-state index >= 15 is 0 Å². The van der Waals surface area contributed by atoms with E-state index in [1.807, 2.05) is 42.5 Å². The van der Waals surface area contributed by atoms with E-state index in [1.54, 1.807) is 20.8 Å². The van der Waals surface area contributed by atoms with Crippen molar-refractivity contribution in [2.24, 2.45) is 0 Å². The Kier molecular flexibility index (Phi) is 7.11. The van der Waals surface area contributed by atoms with E-state index in [4.69, 9.17) is 18.6 Å². The number of hydrogen-bond acceptors (Lipinski definition) is 6. The molecule has 7 nitrogen and oxygen atoms in total. The summed E-state index contributed by atoms with van der Waals surface area (Å²) in [5.74, 6) is 0.175. The van der Waals surface area contributed by atoms with Gasteiger partial charge in [0.25, 0.3) is 0 Å². The van der Waals surface area contributed by atoms with Crippen LogP contribution in [-0.4, -0.2) is 48.4 Å². The first-order valence-electron chi connectivity index (χ1n) is 14.1. The molecule has 2 unspecified atom stereocenters. The van der Waals surface area contributed by atoms with Crippen LogP contribution in [0.25, 0.3) is 44.2 Å². The molecule has 2 atom stereocenters. The fourth-order valence-corrected chi connectivity index (χ4v) is 5.50. The van der Waals surface area contributed by atoms with Crippen molar-refractivity contribution in [3.05, 3.63) is 91.0 Å². The van der Waals surface area contributed by atoms with Crippen LogP contribution in [0.1, 0.15) is 27.2 Å². The maximum Gasteiger partial charge on any atom is 0.411 e. The summed E-state index contributed by atoms with van der Waals surface area (Å²) in [7, 11) is 1.31. The first kappa shape index (κ1) is 27.4. The Bertz CT molecular complexity index is 1750. The lowest BCUT2D eigenvalue weighted by Crippen LogP contribution is -2.44. The molecule has 214 valence electrons. The number of methoxy groups -OCH3 is 1. The van der Waals surface area contributed by atoms with Crippen LogP contribution in [0.2, 0.25) is 0 Å². The van der Waals surface area contributed by atoms with Gasteiger partial charge in [-0.3, -0.25) is 4.90 Å². The number of hydrogen-bond donors (Lipinski definition) is 0. The summed E-state index contributed by atoms with van der Waals surface area (Å²) in [6.07, 6.45) is -0.598. The number of amides is 1. The molecule has 1 aliphatic rings. The van der Waals surface area contributed by atoms with E-state index < -0.39 is 23.7 Å². The van der Waals surface area contributed by atoms with Gasteiger partial charge in [0.2, 0.25) is 0 Å². The third-order valence-corrected chi connectivity index (χ3v) is 7.45. The highest BCUT2D eigenvalue weighted by atomic mass is 16.6. The van der Waals surface area contributed by atoms with Gasteiger partial charge < -0.3 is 18.6 Å². The van der Waals surface area contributed by atoms with E-state index in [2.05, 4.69) is 48.5 Å². The van der Waals surface area contributed by atoms with Gasteiger partial charge in [-0.05, 0) is 55.7 Å². The van der Waals surface area contributed by atoms with Gasteiger partial charge in [0, 0.05) is 22.8 Å². The molecule has 0 spiro atoms. The van der Waals surface area contributed by atoms with Crippen LogP contribution < -0.4 is 4.74 Å². The highest BCUT2D eigenvalue weighted by Gasteiger charge is 2.43. The van der Waals surface area contributed by atoms with Crippen molar-refractivity contribution in [2.45, 2.75) is 44.9 Å². The number of esters is 1. The zero-order valence-corrected chi connectivity index (χ0v) is 24.1. The number of furan rings is 1. The number of likely N-dealkylation sites (tertiary alicyclic amines) is 1. The van der Waals surface area contributed by atoms with E-state index in [9.17, 15) is 9.59 Å². The van der Waals surface area contributed by atoms with Gasteiger partial charge in [-0.15, -0.1) is 0 Å². The molecule has 1 aliphatic heterocycles. The summed E-state index contributed by atoms with van der Waals surface area (Å²) >= 11 is 0. The zero-order valence-electron chi connectivity index (χ0n) is 24.1. The Morgan fingerprint density at radius 1 is 0.810 bits per heavy atom. The van der Waals surface area contributed by atoms with Crippen molar-refractivity contribution >= 4 is 34.0 Å². The molecule has 0 aliphatic carbocycles. The number of fused-ring (bicyclic) bond motifs is 3. The SMILES string of the molecule is COC(=O)C1CC(Oc2ccc(-c3ccc(-c4cccc5c4oc4ccccc45)cc3)cc2)CN1C(=O)OC(C)(C)C. The van der Waals surface area contributed by atoms with Gasteiger partial charge in [-0.2, -0.15) is 0 Å². The fraction of sp³-hybridized carbons (Fsp3) is 0.257. The lowest BCUT2D eigenvalue weighted by molar-refractivity contribution is -0.145. The summed E-state index contributed by atoms with van der Waals surface area (Å²) in [5, 5.41) is 2.22. The third-order valence-electron chi connectivity index (χ3n) is 7.45. The van der Waals surface area contributed by atoms with Gasteiger partial charge in [-0.1, -0.05) is 72.8 Å². The van der Waals surface area contributed by atoms with Crippen LogP contribution in [0.3, 0.4) is 0 Å². The molecule has 0 radical (unpaired) electrons. The molecule has 7 heteroatoms. The molecular weight excluding hydrogens is 530 g/mol. The molecule has 1 fully saturated rings. The molecule has 5 aromatic rings. The van der Waals surface area contributed by atoms with Crippen molar-refractivity contribution in [3.8, 4) is 28.0 Å². The Hall–Kier alpha value is -4.78. The van der Waals surface area contributed by atoms with Crippen LogP contribution in [-0.2, 0) is 14.3 Å². The van der Waals surface area contributed by atoms with Gasteiger partial charge in [-0.25, -0.2) is 9.59 Å². The molecule has 0 N–H and O–H groups in total. The monoisotopic (exact) mass is 563 g/mol. The molecule has 42 heavy (non-hydrogen) atoms. The highest BCUT2D eigenvalue weighted by Crippen LogP contribution is 2.36. The van der Waals surface area contributed by atoms with Gasteiger partial charge in [0.15, 0.2) is 0 Å². The van der Waals surface area contributed by atoms with Crippen molar-refractivity contribution in [3.63, 3.8) is 0 Å². The van der Waals surface area contributed by atoms with Crippen LogP contribution in [0.15, 0.2) is 95.4 Å². The quantitative estimate of drug-likeness (QED) is 0.203. The number of carbonyl (C=O) groups excluding carboxylic acids is 2. The lowest BCUT2D eigenvalue weighted by Gasteiger charge is -2.27. The van der Waals surface area contributed by atoms with E-state index in [0.29, 0.717) is 12.2 Å². The number of carbonyl (C=O) groups is 2. The molecule has 6 rings (SSSR count). The number of nitrogens with zero attached hydrogens (tertiary/aromatic N) is 1. The summed E-state index contributed by atoms with van der Waals surface area (Å²) in [5.41, 5.74) is 5.36. The van der Waals surface area contributed by atoms with Crippen LogP contribution >= 0.6 is 0 Å². The zero-order chi connectivity index (χ0) is 29.4. The molecular formula is C35H33NO6. The van der Waals surface area contributed by atoms with E-state index in [0.717, 1.165) is 44.2 Å². The normalized spacial score (nSPS) is 17.0. The third kappa shape index (κ3) is 5.42. The number of rotatable bonds is 5. The lowest BCUT2D eigenvalue weighted by atomic mass is 9.99. The Labute approximate surface area is 244 Å². The first-order chi connectivity index (χ1) is 20.2. The van der Waals surface area contributed by atoms with Crippen LogP contribution in [0, 0.1) is 0 Å². The minimum Gasteiger partial charge on any atom is -0.488 e. The maximum atomic E-state index is 12.7. The van der Waals surface area contributed by atoms with Gasteiger partial charge in [0.1, 0.15) is 34.7 Å². The van der Waals surface area contributed by atoms with Gasteiger partial charge in [0.05, 0.1) is 13.7 Å². The van der Waals surface area contributed by atoms with Crippen LogP contribution in [0.5, 0.6) is 5.75 Å². The number of benzene rings is 4. The predicted molar refractivity (Wildman–Crippen MR) is 162 cm³/mol. The largest absolute Gasteiger partial charge is 0.488 e. The second-order valence-electron chi connectivity index (χ2n) is 11.5. The first-order valence-corrected chi connectivity index (χ1v) is 14.1. The summed E-state index contributed by atoms with van der Waals surface area (Å²) < 4.78 is 22.8. The summed E-state index contributed by atoms with van der Waals surface area (Å²) in [6, 6.07) is 29.8. The van der Waals surface area contributed by atoms with Crippen LogP contribution in [0.4, 0.5) is 4.79 Å². The van der Waals surface area contributed by atoms with E-state index in [-0.39, 0.29) is 12.6 Å². The molecule has 0 bridgehead atoms. The Balaban J connectivity index is 1.16. The maximum absolute atomic E-state index is 12.7. The molecule has 1 amide bonds. The van der Waals surface area contributed by atoms with Crippen molar-refractivity contribution in [2.75, 3.05) is 13.7 Å². The van der Waals surface area contributed by atoms with Crippen molar-refractivity contribution < 1.29 is 28.2 Å². The summed E-state index contributed by atoms with van der Waals surface area (Å²) in [4.78, 5) is 26.5. The predicted octanol–water partition coefficient (Wildman–Crippen LogP) is 7.85. The smallest absolute Gasteiger partial charge is 0.411 e. The topological polar surface area (TPSA) is 78.2 Å². The molecule has 1 saturated heterocycles. The highest BCUT2D eigenvalue weighted by molar-refractivity contribution is 6.09. The molecule has 2 heterocycles. The molecule has 4 aromatic carbocycles. The van der Waals surface area contributed by atoms with Crippen molar-refractivity contribution in [1.29, 1.82) is 0 Å². The second kappa shape index (κ2) is 10.9.